The summed E-state index contributed by atoms with van der Waals surface area (Å²) in [5, 5.41) is 5.25. The maximum atomic E-state index is 13.0. The predicted molar refractivity (Wildman–Crippen MR) is 103 cm³/mol. The molecule has 1 aromatic carbocycles. The van der Waals surface area contributed by atoms with E-state index in [4.69, 9.17) is 4.74 Å². The number of nitrogens with one attached hydrogen (secondary N) is 2. The molecular weight excluding hydrogens is 376 g/mol. The second-order valence-corrected chi connectivity index (χ2v) is 7.65. The van der Waals surface area contributed by atoms with Crippen molar-refractivity contribution in [1.29, 1.82) is 0 Å². The van der Waals surface area contributed by atoms with Gasteiger partial charge < -0.3 is 15.0 Å². The number of amides is 5. The monoisotopic (exact) mass is 400 g/mol. The molecule has 1 aromatic rings. The highest BCUT2D eigenvalue weighted by molar-refractivity contribution is 6.12. The normalized spacial score (nSPS) is 22.7. The van der Waals surface area contributed by atoms with Gasteiger partial charge in [0.2, 0.25) is 11.8 Å². The average molecular weight is 400 g/mol. The minimum atomic E-state index is -0.473. The Morgan fingerprint density at radius 1 is 1.14 bits per heavy atom. The molecule has 9 heteroatoms. The quantitative estimate of drug-likeness (QED) is 0.716. The van der Waals surface area contributed by atoms with Crippen LogP contribution < -0.4 is 15.5 Å². The van der Waals surface area contributed by atoms with Crippen LogP contribution in [0.2, 0.25) is 0 Å². The van der Waals surface area contributed by atoms with Crippen LogP contribution in [0.5, 0.6) is 0 Å². The molecule has 2 N–H and O–H groups in total. The van der Waals surface area contributed by atoms with E-state index in [1.165, 1.54) is 4.90 Å². The lowest BCUT2D eigenvalue weighted by atomic mass is 9.92. The second kappa shape index (κ2) is 8.20. The van der Waals surface area contributed by atoms with Gasteiger partial charge in [-0.05, 0) is 43.5 Å². The summed E-state index contributed by atoms with van der Waals surface area (Å²) in [5.41, 5.74) is 1.00. The van der Waals surface area contributed by atoms with E-state index in [0.29, 0.717) is 37.6 Å². The molecule has 154 valence electrons. The van der Waals surface area contributed by atoms with Gasteiger partial charge >= 0.3 is 6.03 Å². The molecule has 2 heterocycles. The Hall–Kier alpha value is -2.94. The number of ether oxygens (including phenoxy) is 1. The fraction of sp³-hybridized carbons (Fsp3) is 0.500. The summed E-state index contributed by atoms with van der Waals surface area (Å²) in [6.07, 6.45) is 3.16. The molecule has 0 radical (unpaired) electrons. The minimum Gasteiger partial charge on any atom is -0.379 e. The van der Waals surface area contributed by atoms with Crippen molar-refractivity contribution in [2.75, 3.05) is 37.7 Å². The highest BCUT2D eigenvalue weighted by atomic mass is 16.5. The van der Waals surface area contributed by atoms with Gasteiger partial charge in [-0.15, -0.1) is 0 Å². The molecule has 5 amide bonds. The zero-order valence-electron chi connectivity index (χ0n) is 16.1. The van der Waals surface area contributed by atoms with Crippen LogP contribution in [0.25, 0.3) is 0 Å². The van der Waals surface area contributed by atoms with Gasteiger partial charge in [-0.1, -0.05) is 0 Å². The second-order valence-electron chi connectivity index (χ2n) is 7.65. The Bertz CT molecular complexity index is 821. The van der Waals surface area contributed by atoms with E-state index in [-0.39, 0.29) is 36.2 Å². The molecule has 1 atom stereocenters. The number of carbonyl (C=O) groups is 4. The third kappa shape index (κ3) is 4.24. The molecule has 3 aliphatic rings. The number of carbonyl (C=O) groups excluding carboxylic acids is 4. The molecule has 1 unspecified atom stereocenters. The first kappa shape index (κ1) is 19.4. The molecule has 2 saturated heterocycles. The van der Waals surface area contributed by atoms with Crippen LogP contribution in [0.3, 0.4) is 0 Å². The van der Waals surface area contributed by atoms with Crippen molar-refractivity contribution in [2.45, 2.75) is 25.3 Å². The van der Waals surface area contributed by atoms with Gasteiger partial charge in [0.05, 0.1) is 19.1 Å². The Balaban J connectivity index is 1.41. The third-order valence-electron chi connectivity index (χ3n) is 5.59. The first-order valence-electron chi connectivity index (χ1n) is 9.90. The Morgan fingerprint density at radius 2 is 1.90 bits per heavy atom. The van der Waals surface area contributed by atoms with Crippen LogP contribution in [-0.2, 0) is 14.3 Å². The zero-order valence-corrected chi connectivity index (χ0v) is 16.1. The fourth-order valence-corrected chi connectivity index (χ4v) is 3.64. The lowest BCUT2D eigenvalue weighted by Crippen LogP contribution is -2.47. The zero-order chi connectivity index (χ0) is 20.4. The number of anilines is 1. The minimum absolute atomic E-state index is 0.0343. The summed E-state index contributed by atoms with van der Waals surface area (Å²) < 4.78 is 5.55. The van der Waals surface area contributed by atoms with Crippen molar-refractivity contribution in [3.05, 3.63) is 29.8 Å². The molecule has 0 bridgehead atoms. The van der Waals surface area contributed by atoms with Crippen molar-refractivity contribution in [1.82, 2.24) is 15.5 Å². The molecule has 1 aliphatic carbocycles. The summed E-state index contributed by atoms with van der Waals surface area (Å²) in [6.45, 7) is 1.37. The molecule has 2 aliphatic heterocycles. The predicted octanol–water partition coefficient (Wildman–Crippen LogP) is 0.500. The number of urea groups is 1. The molecule has 9 nitrogen and oxygen atoms in total. The van der Waals surface area contributed by atoms with Gasteiger partial charge in [0.25, 0.3) is 5.91 Å². The topological polar surface area (TPSA) is 108 Å². The first-order chi connectivity index (χ1) is 14.0. The van der Waals surface area contributed by atoms with Gasteiger partial charge in [0, 0.05) is 30.4 Å². The number of imide groups is 1. The van der Waals surface area contributed by atoms with Crippen LogP contribution in [0, 0.1) is 5.92 Å². The third-order valence-corrected chi connectivity index (χ3v) is 5.59. The standard InChI is InChI=1S/C20H24N4O5/c25-17-11-24(20(28)22-17)16-6-4-13(5-7-16)19(27)23-8-9-29-12-14(10-23)18(26)21-15-2-1-3-15/h4-7,14-15H,1-3,8-12H2,(H,21,26)(H,22,25,28). The van der Waals surface area contributed by atoms with Gasteiger partial charge in [0.15, 0.2) is 0 Å². The van der Waals surface area contributed by atoms with E-state index in [1.54, 1.807) is 29.2 Å². The van der Waals surface area contributed by atoms with Gasteiger partial charge in [-0.3, -0.25) is 24.6 Å². The van der Waals surface area contributed by atoms with Gasteiger partial charge in [0.1, 0.15) is 6.54 Å². The van der Waals surface area contributed by atoms with Crippen molar-refractivity contribution < 1.29 is 23.9 Å². The Morgan fingerprint density at radius 3 is 2.52 bits per heavy atom. The number of hydrogen-bond acceptors (Lipinski definition) is 5. The SMILES string of the molecule is O=C1CN(c2ccc(C(=O)N3CCOCC(C(=O)NC4CCC4)C3)cc2)C(=O)N1. The summed E-state index contributed by atoms with van der Waals surface area (Å²) in [5.74, 6) is -0.994. The molecule has 4 rings (SSSR count). The summed E-state index contributed by atoms with van der Waals surface area (Å²) in [7, 11) is 0. The Kier molecular flexibility index (Phi) is 5.48. The summed E-state index contributed by atoms with van der Waals surface area (Å²) in [4.78, 5) is 51.5. The van der Waals surface area contributed by atoms with Crippen molar-refractivity contribution >= 4 is 29.4 Å². The van der Waals surface area contributed by atoms with Crippen LogP contribution in [0.15, 0.2) is 24.3 Å². The van der Waals surface area contributed by atoms with Crippen LogP contribution in [-0.4, -0.2) is 67.5 Å². The molecule has 1 saturated carbocycles. The molecule has 29 heavy (non-hydrogen) atoms. The lowest BCUT2D eigenvalue weighted by Gasteiger charge is -2.29. The fourth-order valence-electron chi connectivity index (χ4n) is 3.64. The molecule has 3 fully saturated rings. The largest absolute Gasteiger partial charge is 0.379 e. The summed E-state index contributed by atoms with van der Waals surface area (Å²) >= 11 is 0. The van der Waals surface area contributed by atoms with Crippen molar-refractivity contribution in [3.63, 3.8) is 0 Å². The van der Waals surface area contributed by atoms with Crippen LogP contribution in [0.4, 0.5) is 10.5 Å². The van der Waals surface area contributed by atoms with Crippen LogP contribution >= 0.6 is 0 Å². The van der Waals surface area contributed by atoms with Crippen LogP contribution in [0.1, 0.15) is 29.6 Å². The highest BCUT2D eigenvalue weighted by Gasteiger charge is 2.31. The smallest absolute Gasteiger partial charge is 0.329 e. The average Bonchev–Trinajstić information content (AvgIpc) is 2.88. The van der Waals surface area contributed by atoms with E-state index in [1.807, 2.05) is 0 Å². The van der Waals surface area contributed by atoms with E-state index in [0.717, 1.165) is 19.3 Å². The van der Waals surface area contributed by atoms with E-state index >= 15 is 0 Å². The molecular formula is C20H24N4O5. The summed E-state index contributed by atoms with van der Waals surface area (Å²) in [6, 6.07) is 6.31. The first-order valence-corrected chi connectivity index (χ1v) is 9.90. The van der Waals surface area contributed by atoms with Crippen molar-refractivity contribution in [3.8, 4) is 0 Å². The van der Waals surface area contributed by atoms with Gasteiger partial charge in [-0.2, -0.15) is 0 Å². The number of benzene rings is 1. The molecule has 0 aromatic heterocycles. The van der Waals surface area contributed by atoms with Gasteiger partial charge in [-0.25, -0.2) is 4.79 Å². The Labute approximate surface area is 168 Å². The maximum Gasteiger partial charge on any atom is 0.329 e. The van der Waals surface area contributed by atoms with E-state index in [9.17, 15) is 19.2 Å². The lowest BCUT2D eigenvalue weighted by molar-refractivity contribution is -0.127. The number of rotatable bonds is 4. The molecule has 0 spiro atoms. The van der Waals surface area contributed by atoms with Crippen molar-refractivity contribution in [2.24, 2.45) is 5.92 Å². The number of hydrogen-bond donors (Lipinski definition) is 2. The van der Waals surface area contributed by atoms with E-state index in [2.05, 4.69) is 10.6 Å². The van der Waals surface area contributed by atoms with E-state index < -0.39 is 6.03 Å². The highest BCUT2D eigenvalue weighted by Crippen LogP contribution is 2.21. The number of nitrogens with zero attached hydrogens (tertiary/aromatic N) is 2. The maximum absolute atomic E-state index is 13.0.